The van der Waals surface area contributed by atoms with Crippen molar-refractivity contribution in [1.29, 1.82) is 0 Å². The first-order valence-electron chi connectivity index (χ1n) is 8.90. The van der Waals surface area contributed by atoms with Gasteiger partial charge in [-0.2, -0.15) is 0 Å². The van der Waals surface area contributed by atoms with Gasteiger partial charge in [-0.1, -0.05) is 42.5 Å². The van der Waals surface area contributed by atoms with Crippen LogP contribution >= 0.6 is 0 Å². The number of nitro benzene ring substituents is 1. The van der Waals surface area contributed by atoms with Gasteiger partial charge < -0.3 is 9.80 Å². The molecule has 27 heavy (non-hydrogen) atoms. The molecule has 2 aromatic carbocycles. The maximum absolute atomic E-state index is 12.4. The van der Waals surface area contributed by atoms with Crippen LogP contribution in [-0.2, 0) is 4.79 Å². The Balaban J connectivity index is 1.53. The molecule has 0 radical (unpaired) electrons. The van der Waals surface area contributed by atoms with Crippen molar-refractivity contribution in [3.05, 3.63) is 70.3 Å². The van der Waals surface area contributed by atoms with Crippen molar-refractivity contribution in [2.45, 2.75) is 12.8 Å². The topological polar surface area (TPSA) is 83.8 Å². The molecule has 0 aliphatic carbocycles. The van der Waals surface area contributed by atoms with Crippen LogP contribution < -0.4 is 4.90 Å². The Labute approximate surface area is 157 Å². The number of hydrogen-bond donors (Lipinski definition) is 0. The van der Waals surface area contributed by atoms with Crippen LogP contribution in [0.25, 0.3) is 0 Å². The predicted molar refractivity (Wildman–Crippen MR) is 102 cm³/mol. The van der Waals surface area contributed by atoms with Crippen molar-refractivity contribution < 1.29 is 14.5 Å². The predicted octanol–water partition coefficient (Wildman–Crippen LogP) is 2.91. The van der Waals surface area contributed by atoms with E-state index in [1.165, 1.54) is 6.07 Å². The summed E-state index contributed by atoms with van der Waals surface area (Å²) in [5, 5.41) is 11.2. The van der Waals surface area contributed by atoms with E-state index in [1.54, 1.807) is 47.4 Å². The third-order valence-electron chi connectivity index (χ3n) is 4.71. The number of anilines is 1. The average molecular weight is 367 g/mol. The van der Waals surface area contributed by atoms with Crippen molar-refractivity contribution in [1.82, 2.24) is 4.90 Å². The normalized spacial score (nSPS) is 14.1. The molecule has 1 amide bonds. The summed E-state index contributed by atoms with van der Waals surface area (Å²) in [4.78, 5) is 39.0. The first-order chi connectivity index (χ1) is 13.1. The number of piperazine rings is 1. The lowest BCUT2D eigenvalue weighted by Crippen LogP contribution is -2.49. The van der Waals surface area contributed by atoms with Crippen LogP contribution in [-0.4, -0.2) is 47.7 Å². The second-order valence-corrected chi connectivity index (χ2v) is 6.40. The highest BCUT2D eigenvalue weighted by atomic mass is 16.6. The van der Waals surface area contributed by atoms with E-state index in [0.29, 0.717) is 37.4 Å². The Morgan fingerprint density at radius 3 is 2.19 bits per heavy atom. The molecule has 1 fully saturated rings. The summed E-state index contributed by atoms with van der Waals surface area (Å²) in [5.41, 5.74) is 1.27. The van der Waals surface area contributed by atoms with E-state index in [-0.39, 0.29) is 35.1 Å². The first kappa shape index (κ1) is 18.6. The number of Topliss-reactive ketones (excluding diaryl/α,β-unsaturated/α-hetero) is 1. The molecule has 0 unspecified atom stereocenters. The lowest BCUT2D eigenvalue weighted by atomic mass is 10.1. The Morgan fingerprint density at radius 1 is 0.889 bits per heavy atom. The van der Waals surface area contributed by atoms with Crippen LogP contribution in [0.1, 0.15) is 23.2 Å². The van der Waals surface area contributed by atoms with Gasteiger partial charge in [0.2, 0.25) is 5.91 Å². The van der Waals surface area contributed by atoms with Gasteiger partial charge >= 0.3 is 0 Å². The fourth-order valence-corrected chi connectivity index (χ4v) is 3.23. The van der Waals surface area contributed by atoms with Crippen LogP contribution in [0.4, 0.5) is 11.4 Å². The molecule has 1 saturated heterocycles. The molecular formula is C20H21N3O4. The standard InChI is InChI=1S/C20H21N3O4/c24-19(16-6-2-1-3-7-16)10-11-20(25)22-14-12-21(13-15-22)17-8-4-5-9-18(17)23(26)27/h1-9H,10-15H2. The SMILES string of the molecule is O=C(CCC(=O)N1CCN(c2ccccc2[N+](=O)[O-])CC1)c1ccccc1. The molecule has 7 nitrogen and oxygen atoms in total. The van der Waals surface area contributed by atoms with Crippen LogP contribution in [0.2, 0.25) is 0 Å². The van der Waals surface area contributed by atoms with Crippen LogP contribution in [0, 0.1) is 10.1 Å². The lowest BCUT2D eigenvalue weighted by molar-refractivity contribution is -0.384. The molecular weight excluding hydrogens is 346 g/mol. The summed E-state index contributed by atoms with van der Waals surface area (Å²) >= 11 is 0. The zero-order valence-corrected chi connectivity index (χ0v) is 14.9. The minimum atomic E-state index is -0.387. The first-order valence-corrected chi connectivity index (χ1v) is 8.90. The van der Waals surface area contributed by atoms with Gasteiger partial charge in [0.25, 0.3) is 5.69 Å². The Bertz CT molecular complexity index is 830. The number of para-hydroxylation sites is 2. The van der Waals surface area contributed by atoms with Gasteiger partial charge in [-0.3, -0.25) is 19.7 Å². The minimum absolute atomic E-state index is 0.0394. The summed E-state index contributed by atoms with van der Waals surface area (Å²) < 4.78 is 0. The highest BCUT2D eigenvalue weighted by molar-refractivity contribution is 5.97. The molecule has 1 heterocycles. The fourth-order valence-electron chi connectivity index (χ4n) is 3.23. The highest BCUT2D eigenvalue weighted by Gasteiger charge is 2.25. The van der Waals surface area contributed by atoms with E-state index < -0.39 is 0 Å². The molecule has 0 atom stereocenters. The molecule has 1 aliphatic heterocycles. The number of amides is 1. The van der Waals surface area contributed by atoms with E-state index in [2.05, 4.69) is 0 Å². The monoisotopic (exact) mass is 367 g/mol. The van der Waals surface area contributed by atoms with E-state index in [1.807, 2.05) is 11.0 Å². The van der Waals surface area contributed by atoms with E-state index in [0.717, 1.165) is 0 Å². The second kappa shape index (κ2) is 8.44. The average Bonchev–Trinajstić information content (AvgIpc) is 2.72. The van der Waals surface area contributed by atoms with E-state index in [9.17, 15) is 19.7 Å². The number of hydrogen-bond acceptors (Lipinski definition) is 5. The van der Waals surface area contributed by atoms with Crippen LogP contribution in [0.3, 0.4) is 0 Å². The maximum atomic E-state index is 12.4. The highest BCUT2D eigenvalue weighted by Crippen LogP contribution is 2.28. The maximum Gasteiger partial charge on any atom is 0.292 e. The van der Waals surface area contributed by atoms with Crippen molar-refractivity contribution in [2.75, 3.05) is 31.1 Å². The van der Waals surface area contributed by atoms with Gasteiger partial charge in [-0.15, -0.1) is 0 Å². The van der Waals surface area contributed by atoms with Gasteiger partial charge in [-0.25, -0.2) is 0 Å². The number of carbonyl (C=O) groups is 2. The zero-order valence-electron chi connectivity index (χ0n) is 14.9. The number of ketones is 1. The van der Waals surface area contributed by atoms with Crippen LogP contribution in [0.15, 0.2) is 54.6 Å². The summed E-state index contributed by atoms with van der Waals surface area (Å²) in [7, 11) is 0. The molecule has 0 spiro atoms. The molecule has 3 rings (SSSR count). The molecule has 2 aromatic rings. The Kier molecular flexibility index (Phi) is 5.80. The summed E-state index contributed by atoms with van der Waals surface area (Å²) in [6, 6.07) is 15.6. The quantitative estimate of drug-likeness (QED) is 0.445. The van der Waals surface area contributed by atoms with Crippen molar-refractivity contribution >= 4 is 23.1 Å². The molecule has 7 heteroatoms. The lowest BCUT2D eigenvalue weighted by Gasteiger charge is -2.35. The molecule has 1 aliphatic rings. The van der Waals surface area contributed by atoms with Crippen molar-refractivity contribution in [3.63, 3.8) is 0 Å². The third-order valence-corrected chi connectivity index (χ3v) is 4.71. The Morgan fingerprint density at radius 2 is 1.52 bits per heavy atom. The Hall–Kier alpha value is -3.22. The summed E-state index contributed by atoms with van der Waals surface area (Å²) in [6.45, 7) is 2.04. The summed E-state index contributed by atoms with van der Waals surface area (Å²) in [5.74, 6) is -0.0935. The number of carbonyl (C=O) groups excluding carboxylic acids is 2. The fraction of sp³-hybridized carbons (Fsp3) is 0.300. The smallest absolute Gasteiger partial charge is 0.292 e. The van der Waals surface area contributed by atoms with Gasteiger partial charge in [0.15, 0.2) is 5.78 Å². The van der Waals surface area contributed by atoms with Crippen LogP contribution in [0.5, 0.6) is 0 Å². The van der Waals surface area contributed by atoms with E-state index in [4.69, 9.17) is 0 Å². The van der Waals surface area contributed by atoms with Crippen molar-refractivity contribution in [2.24, 2.45) is 0 Å². The molecule has 0 bridgehead atoms. The third kappa shape index (κ3) is 4.49. The number of rotatable bonds is 6. The van der Waals surface area contributed by atoms with Gasteiger partial charge in [-0.05, 0) is 6.07 Å². The second-order valence-electron chi connectivity index (χ2n) is 6.40. The number of nitrogens with zero attached hydrogens (tertiary/aromatic N) is 3. The molecule has 0 aromatic heterocycles. The molecule has 0 saturated carbocycles. The van der Waals surface area contributed by atoms with Gasteiger partial charge in [0.1, 0.15) is 5.69 Å². The molecule has 140 valence electrons. The zero-order chi connectivity index (χ0) is 19.2. The van der Waals surface area contributed by atoms with Gasteiger partial charge in [0.05, 0.1) is 4.92 Å². The number of benzene rings is 2. The largest absolute Gasteiger partial charge is 0.362 e. The summed E-state index contributed by atoms with van der Waals surface area (Å²) in [6.07, 6.45) is 0.367. The minimum Gasteiger partial charge on any atom is -0.362 e. The van der Waals surface area contributed by atoms with Crippen molar-refractivity contribution in [3.8, 4) is 0 Å². The molecule has 0 N–H and O–H groups in total. The van der Waals surface area contributed by atoms with E-state index >= 15 is 0 Å². The number of nitro groups is 1. The van der Waals surface area contributed by atoms with Gasteiger partial charge in [0, 0.05) is 50.7 Å².